The van der Waals surface area contributed by atoms with Gasteiger partial charge in [-0.2, -0.15) is 0 Å². The van der Waals surface area contributed by atoms with Gasteiger partial charge in [-0.3, -0.25) is 4.79 Å². The van der Waals surface area contributed by atoms with Crippen molar-refractivity contribution in [3.05, 3.63) is 107 Å². The molecule has 0 saturated carbocycles. The number of unbranched alkanes of at least 4 members (excludes halogenated alkanes) is 2. The molecule has 0 aromatic heterocycles. The molecule has 3 aromatic carbocycles. The van der Waals surface area contributed by atoms with Crippen LogP contribution in [0.25, 0.3) is 0 Å². The minimum Gasteiger partial charge on any atom is -0.384 e. The van der Waals surface area contributed by atoms with E-state index in [1.54, 1.807) is 0 Å². The third kappa shape index (κ3) is 8.94. The molecule has 0 heterocycles. The van der Waals surface area contributed by atoms with Gasteiger partial charge in [-0.25, -0.2) is 8.78 Å². The Morgan fingerprint density at radius 3 is 2.31 bits per heavy atom. The molecule has 0 amide bonds. The molecule has 0 fully saturated rings. The summed E-state index contributed by atoms with van der Waals surface area (Å²) in [5.41, 5.74) is 15.5. The minimum absolute atomic E-state index is 0.142. The van der Waals surface area contributed by atoms with Crippen LogP contribution in [0.3, 0.4) is 0 Å². The number of carbonyl (C=O) groups is 1. The summed E-state index contributed by atoms with van der Waals surface area (Å²) in [6.07, 6.45) is 4.13. The first kappa shape index (κ1) is 27.7. The van der Waals surface area contributed by atoms with E-state index in [9.17, 15) is 18.7 Å². The fourth-order valence-electron chi connectivity index (χ4n) is 4.43. The van der Waals surface area contributed by atoms with E-state index in [0.717, 1.165) is 60.9 Å². The smallest absolute Gasteiger partial charge is 0.167 e. The van der Waals surface area contributed by atoms with Crippen molar-refractivity contribution in [1.29, 1.82) is 0 Å². The lowest BCUT2D eigenvalue weighted by molar-refractivity contribution is -0.127. The molecule has 0 radical (unpaired) electrons. The van der Waals surface area contributed by atoms with Crippen LogP contribution < -0.4 is 11.5 Å². The zero-order chi connectivity index (χ0) is 25.9. The largest absolute Gasteiger partial charge is 0.384 e. The summed E-state index contributed by atoms with van der Waals surface area (Å²) in [5, 5.41) is 10.4. The van der Waals surface area contributed by atoms with E-state index in [0.29, 0.717) is 18.4 Å². The number of rotatable bonds is 14. The number of carbonyl (C=O) groups excluding carboxylic acids is 1. The Kier molecular flexibility index (Phi) is 10.7. The van der Waals surface area contributed by atoms with Crippen molar-refractivity contribution in [2.24, 2.45) is 11.5 Å². The van der Waals surface area contributed by atoms with Crippen LogP contribution in [-0.4, -0.2) is 29.1 Å². The highest BCUT2D eigenvalue weighted by Gasteiger charge is 2.23. The van der Waals surface area contributed by atoms with Gasteiger partial charge in [0, 0.05) is 18.5 Å². The number of halogens is 2. The van der Waals surface area contributed by atoms with Crippen molar-refractivity contribution in [2.75, 3.05) is 0 Å². The van der Waals surface area contributed by atoms with Gasteiger partial charge in [0.15, 0.2) is 5.78 Å². The highest BCUT2D eigenvalue weighted by atomic mass is 19.1. The fourth-order valence-corrected chi connectivity index (χ4v) is 4.43. The minimum atomic E-state index is -1.21. The predicted octanol–water partition coefficient (Wildman–Crippen LogP) is 4.68. The molecule has 0 aliphatic heterocycles. The molecule has 3 aromatic rings. The first-order valence-electron chi connectivity index (χ1n) is 12.6. The van der Waals surface area contributed by atoms with E-state index in [2.05, 4.69) is 0 Å². The third-order valence-electron chi connectivity index (χ3n) is 6.45. The number of aryl methyl sites for hydroxylation is 1. The number of nitrogens with two attached hydrogens (primary N) is 2. The average Bonchev–Trinajstić information content (AvgIpc) is 2.86. The van der Waals surface area contributed by atoms with Crippen LogP contribution >= 0.6 is 0 Å². The first-order valence-corrected chi connectivity index (χ1v) is 12.6. The van der Waals surface area contributed by atoms with Gasteiger partial charge in [0.2, 0.25) is 0 Å². The molecule has 0 bridgehead atoms. The summed E-state index contributed by atoms with van der Waals surface area (Å²) in [4.78, 5) is 12.6. The second-order valence-corrected chi connectivity index (χ2v) is 9.56. The highest BCUT2D eigenvalue weighted by molar-refractivity contribution is 5.85. The second-order valence-electron chi connectivity index (χ2n) is 9.56. The Labute approximate surface area is 212 Å². The van der Waals surface area contributed by atoms with Gasteiger partial charge in [0.1, 0.15) is 17.7 Å². The molecule has 192 valence electrons. The Hall–Kier alpha value is -2.93. The van der Waals surface area contributed by atoms with Gasteiger partial charge in [0.05, 0.1) is 0 Å². The lowest BCUT2D eigenvalue weighted by Crippen LogP contribution is -2.42. The zero-order valence-electron chi connectivity index (χ0n) is 20.6. The molecule has 36 heavy (non-hydrogen) atoms. The molecule has 0 saturated heterocycles. The summed E-state index contributed by atoms with van der Waals surface area (Å²) < 4.78 is 27.1. The number of hydrogen-bond acceptors (Lipinski definition) is 4. The molecule has 3 atom stereocenters. The summed E-state index contributed by atoms with van der Waals surface area (Å²) >= 11 is 0. The number of Topliss-reactive ketones (excluding diaryl/α,β-unsaturated/α-hetero) is 1. The van der Waals surface area contributed by atoms with Crippen molar-refractivity contribution in [3.63, 3.8) is 0 Å². The second kappa shape index (κ2) is 14.0. The Balaban J connectivity index is 1.39. The highest BCUT2D eigenvalue weighted by Crippen LogP contribution is 2.16. The number of aliphatic hydroxyl groups is 1. The van der Waals surface area contributed by atoms with Crippen LogP contribution in [0.1, 0.15) is 47.9 Å². The fraction of sp³-hybridized carbons (Fsp3) is 0.367. The summed E-state index contributed by atoms with van der Waals surface area (Å²) in [6, 6.07) is 20.0. The van der Waals surface area contributed by atoms with E-state index >= 15 is 0 Å². The van der Waals surface area contributed by atoms with E-state index in [1.165, 1.54) is 6.07 Å². The number of hydrogen-bond donors (Lipinski definition) is 3. The van der Waals surface area contributed by atoms with Crippen LogP contribution in [-0.2, 0) is 30.5 Å². The van der Waals surface area contributed by atoms with Crippen LogP contribution in [0.5, 0.6) is 0 Å². The molecule has 0 spiro atoms. The third-order valence-corrected chi connectivity index (χ3v) is 6.45. The summed E-state index contributed by atoms with van der Waals surface area (Å²) in [7, 11) is 0. The Bertz CT molecular complexity index is 1110. The first-order chi connectivity index (χ1) is 17.3. The Morgan fingerprint density at radius 2 is 1.53 bits per heavy atom. The van der Waals surface area contributed by atoms with Gasteiger partial charge in [0.25, 0.3) is 0 Å². The maximum absolute atomic E-state index is 13.8. The van der Waals surface area contributed by atoms with Crippen LogP contribution in [0, 0.1) is 11.6 Å². The molecule has 0 aliphatic rings. The van der Waals surface area contributed by atoms with E-state index in [1.807, 2.05) is 54.6 Å². The van der Waals surface area contributed by atoms with Crippen LogP contribution in [0.4, 0.5) is 8.78 Å². The van der Waals surface area contributed by atoms with Crippen LogP contribution in [0.2, 0.25) is 0 Å². The summed E-state index contributed by atoms with van der Waals surface area (Å²) in [6.45, 7) is 0. The Morgan fingerprint density at radius 1 is 0.806 bits per heavy atom. The van der Waals surface area contributed by atoms with E-state index < -0.39 is 23.8 Å². The lowest BCUT2D eigenvalue weighted by Gasteiger charge is -2.18. The molecule has 3 rings (SSSR count). The molecular weight excluding hydrogens is 458 g/mol. The van der Waals surface area contributed by atoms with Gasteiger partial charge in [-0.15, -0.1) is 0 Å². The average molecular weight is 495 g/mol. The van der Waals surface area contributed by atoms with E-state index in [-0.39, 0.29) is 18.2 Å². The van der Waals surface area contributed by atoms with E-state index in [4.69, 9.17) is 11.5 Å². The quantitative estimate of drug-likeness (QED) is 0.284. The number of benzene rings is 3. The SMILES string of the molecule is NC(CCCCCc1cccc(CC(=O)C(O)C(N)Cc2ccccc2)c1)Cc1cc(F)ccc1F. The van der Waals surface area contributed by atoms with Crippen LogP contribution in [0.15, 0.2) is 72.8 Å². The van der Waals surface area contributed by atoms with Gasteiger partial charge in [-0.1, -0.05) is 67.4 Å². The topological polar surface area (TPSA) is 89.3 Å². The molecule has 3 unspecified atom stereocenters. The molecule has 6 heteroatoms. The van der Waals surface area contributed by atoms with Gasteiger partial charge >= 0.3 is 0 Å². The molecule has 0 aliphatic carbocycles. The van der Waals surface area contributed by atoms with Crippen molar-refractivity contribution in [2.45, 2.75) is 69.6 Å². The number of aliphatic hydroxyl groups excluding tert-OH is 1. The number of ketones is 1. The van der Waals surface area contributed by atoms with Crippen molar-refractivity contribution in [1.82, 2.24) is 0 Å². The molecule has 5 N–H and O–H groups in total. The van der Waals surface area contributed by atoms with Crippen molar-refractivity contribution in [3.8, 4) is 0 Å². The van der Waals surface area contributed by atoms with Gasteiger partial charge < -0.3 is 16.6 Å². The summed E-state index contributed by atoms with van der Waals surface area (Å²) in [5.74, 6) is -1.15. The maximum atomic E-state index is 13.8. The maximum Gasteiger partial charge on any atom is 0.167 e. The van der Waals surface area contributed by atoms with Crippen molar-refractivity contribution >= 4 is 5.78 Å². The van der Waals surface area contributed by atoms with Gasteiger partial charge in [-0.05, 0) is 72.6 Å². The molecule has 4 nitrogen and oxygen atoms in total. The predicted molar refractivity (Wildman–Crippen MR) is 139 cm³/mol. The standard InChI is InChI=1S/C30H36F2N2O2/c31-25-14-15-27(32)24(19-25)20-26(33)13-6-2-5-8-21-11-7-12-23(16-21)18-29(35)30(36)28(34)17-22-9-3-1-4-10-22/h1,3-4,7,9-12,14-16,19,26,28,30,36H,2,5-6,8,13,17-18,20,33-34H2. The molecular formula is C30H36F2N2O2. The van der Waals surface area contributed by atoms with Crippen molar-refractivity contribution < 1.29 is 18.7 Å². The zero-order valence-corrected chi connectivity index (χ0v) is 20.6. The normalized spacial score (nSPS) is 13.8. The lowest BCUT2D eigenvalue weighted by atomic mass is 9.95. The monoisotopic (exact) mass is 494 g/mol.